The molecule has 4 nitrogen and oxygen atoms in total. The van der Waals surface area contributed by atoms with E-state index in [4.69, 9.17) is 9.47 Å². The summed E-state index contributed by atoms with van der Waals surface area (Å²) in [4.78, 5) is 23.3. The molecule has 0 saturated heterocycles. The topological polar surface area (TPSA) is 52.6 Å². The van der Waals surface area contributed by atoms with Crippen LogP contribution in [-0.4, -0.2) is 29.9 Å². The maximum Gasteiger partial charge on any atom is 0.315 e. The molecule has 1 aliphatic rings. The maximum atomic E-state index is 12.2. The third-order valence-electron chi connectivity index (χ3n) is 3.74. The van der Waals surface area contributed by atoms with Crippen LogP contribution < -0.4 is 0 Å². The minimum atomic E-state index is -0.351. The molecule has 0 amide bonds. The Balaban J connectivity index is 2.39. The van der Waals surface area contributed by atoms with Crippen LogP contribution in [0.4, 0.5) is 0 Å². The summed E-state index contributed by atoms with van der Waals surface area (Å²) in [6, 6.07) is 0. The van der Waals surface area contributed by atoms with Gasteiger partial charge in [-0.05, 0) is 45.4 Å². The highest BCUT2D eigenvalue weighted by Crippen LogP contribution is 2.23. The van der Waals surface area contributed by atoms with Gasteiger partial charge in [-0.3, -0.25) is 9.59 Å². The lowest BCUT2D eigenvalue weighted by molar-refractivity contribution is -0.159. The number of esters is 2. The maximum absolute atomic E-state index is 12.2. The summed E-state index contributed by atoms with van der Waals surface area (Å²) < 4.78 is 10.7. The van der Waals surface area contributed by atoms with E-state index in [1.165, 1.54) is 6.42 Å². The van der Waals surface area contributed by atoms with Crippen molar-refractivity contribution in [1.29, 1.82) is 0 Å². The molecule has 0 bridgehead atoms. The van der Waals surface area contributed by atoms with E-state index in [1.54, 1.807) is 6.92 Å². The van der Waals surface area contributed by atoms with Gasteiger partial charge in [0.2, 0.25) is 0 Å². The molecule has 1 rings (SSSR count). The number of carbonyl (C=O) groups is 2. The molecule has 0 aromatic carbocycles. The first-order chi connectivity index (χ1) is 9.56. The van der Waals surface area contributed by atoms with Gasteiger partial charge in [0, 0.05) is 0 Å². The van der Waals surface area contributed by atoms with Gasteiger partial charge in [-0.25, -0.2) is 0 Å². The summed E-state index contributed by atoms with van der Waals surface area (Å²) in [6.45, 7) is 3.76. The summed E-state index contributed by atoms with van der Waals surface area (Å²) in [5, 5.41) is 0. The van der Waals surface area contributed by atoms with Crippen molar-refractivity contribution in [2.24, 2.45) is 5.92 Å². The second kappa shape index (κ2) is 9.27. The van der Waals surface area contributed by atoms with Crippen molar-refractivity contribution < 1.29 is 19.1 Å². The normalized spacial score (nSPS) is 19.1. The quantitative estimate of drug-likeness (QED) is 0.580. The summed E-state index contributed by atoms with van der Waals surface area (Å²) in [6.07, 6.45) is 6.51. The molecular formula is C15H26O4S. The van der Waals surface area contributed by atoms with Gasteiger partial charge in [-0.1, -0.05) is 13.3 Å². The zero-order valence-corrected chi connectivity index (χ0v) is 13.4. The van der Waals surface area contributed by atoms with Gasteiger partial charge in [-0.15, -0.1) is 0 Å². The fourth-order valence-corrected chi connectivity index (χ4v) is 2.66. The van der Waals surface area contributed by atoms with Crippen molar-refractivity contribution in [1.82, 2.24) is 0 Å². The minimum Gasteiger partial charge on any atom is -0.462 e. The summed E-state index contributed by atoms with van der Waals surface area (Å²) >= 11 is 3.87. The molecule has 2 atom stereocenters. The van der Waals surface area contributed by atoms with E-state index in [9.17, 15) is 9.59 Å². The Morgan fingerprint density at radius 1 is 1.25 bits per heavy atom. The molecule has 1 saturated carbocycles. The molecule has 0 spiro atoms. The summed E-state index contributed by atoms with van der Waals surface area (Å²) in [7, 11) is 0. The average molecular weight is 302 g/mol. The molecule has 1 aliphatic carbocycles. The lowest BCUT2D eigenvalue weighted by Gasteiger charge is -2.25. The van der Waals surface area contributed by atoms with Gasteiger partial charge >= 0.3 is 11.9 Å². The number of carbonyl (C=O) groups excluding carboxylic acids is 2. The third-order valence-corrected chi connectivity index (χ3v) is 4.00. The Morgan fingerprint density at radius 3 is 2.45 bits per heavy atom. The fraction of sp³-hybridized carbons (Fsp3) is 0.867. The molecule has 0 aliphatic heterocycles. The first kappa shape index (κ1) is 17.3. The molecule has 5 heteroatoms. The predicted octanol–water partition coefficient (Wildman–Crippen LogP) is 3.14. The van der Waals surface area contributed by atoms with Crippen LogP contribution in [0.1, 0.15) is 58.8 Å². The average Bonchev–Trinajstić information content (AvgIpc) is 2.45. The van der Waals surface area contributed by atoms with Crippen molar-refractivity contribution in [2.45, 2.75) is 71.0 Å². The molecule has 0 radical (unpaired) electrons. The molecule has 0 heterocycles. The highest BCUT2D eigenvalue weighted by molar-refractivity contribution is 7.81. The zero-order chi connectivity index (χ0) is 15.0. The van der Waals surface area contributed by atoms with Gasteiger partial charge in [0.05, 0.1) is 17.8 Å². The second-order valence-corrected chi connectivity index (χ2v) is 5.81. The molecule has 0 aromatic rings. The smallest absolute Gasteiger partial charge is 0.315 e. The lowest BCUT2D eigenvalue weighted by Crippen LogP contribution is -2.29. The Morgan fingerprint density at radius 2 is 1.90 bits per heavy atom. The number of hydrogen-bond acceptors (Lipinski definition) is 5. The SMILES string of the molecule is CCC(CC(C)OC(=O)CS)C(=O)OC1CCCCC1. The summed E-state index contributed by atoms with van der Waals surface area (Å²) in [5.74, 6) is -0.627. The van der Waals surface area contributed by atoms with Crippen LogP contribution in [0.25, 0.3) is 0 Å². The van der Waals surface area contributed by atoms with E-state index < -0.39 is 0 Å². The lowest BCUT2D eigenvalue weighted by atomic mass is 9.96. The molecule has 20 heavy (non-hydrogen) atoms. The summed E-state index contributed by atoms with van der Waals surface area (Å²) in [5.41, 5.74) is 0. The van der Waals surface area contributed by atoms with Gasteiger partial charge in [0.1, 0.15) is 6.10 Å². The van der Waals surface area contributed by atoms with Gasteiger partial charge in [0.25, 0.3) is 0 Å². The van der Waals surface area contributed by atoms with Crippen LogP contribution in [0.15, 0.2) is 0 Å². The molecule has 116 valence electrons. The van der Waals surface area contributed by atoms with Crippen molar-refractivity contribution in [3.8, 4) is 0 Å². The minimum absolute atomic E-state index is 0.0631. The Hall–Kier alpha value is -0.710. The van der Waals surface area contributed by atoms with E-state index in [0.29, 0.717) is 12.8 Å². The first-order valence-electron chi connectivity index (χ1n) is 7.57. The van der Waals surface area contributed by atoms with Crippen LogP contribution in [0.5, 0.6) is 0 Å². The first-order valence-corrected chi connectivity index (χ1v) is 8.20. The fourth-order valence-electron chi connectivity index (χ4n) is 2.58. The Bertz CT molecular complexity index is 313. The zero-order valence-electron chi connectivity index (χ0n) is 12.5. The standard InChI is InChI=1S/C15H26O4S/c1-3-12(9-11(2)18-14(16)10-20)15(17)19-13-7-5-4-6-8-13/h11-13,20H,3-10H2,1-2H3. The van der Waals surface area contributed by atoms with Gasteiger partial charge in [0.15, 0.2) is 0 Å². The van der Waals surface area contributed by atoms with Gasteiger partial charge in [-0.2, -0.15) is 12.6 Å². The van der Waals surface area contributed by atoms with Crippen LogP contribution in [-0.2, 0) is 19.1 Å². The van der Waals surface area contributed by atoms with E-state index in [0.717, 1.165) is 25.7 Å². The molecule has 0 N–H and O–H groups in total. The highest BCUT2D eigenvalue weighted by atomic mass is 32.1. The van der Waals surface area contributed by atoms with Crippen molar-refractivity contribution >= 4 is 24.6 Å². The van der Waals surface area contributed by atoms with Crippen molar-refractivity contribution in [2.75, 3.05) is 5.75 Å². The van der Waals surface area contributed by atoms with Crippen molar-refractivity contribution in [3.63, 3.8) is 0 Å². The largest absolute Gasteiger partial charge is 0.462 e. The number of ether oxygens (including phenoxy) is 2. The van der Waals surface area contributed by atoms with E-state index in [2.05, 4.69) is 12.6 Å². The monoisotopic (exact) mass is 302 g/mol. The van der Waals surface area contributed by atoms with Crippen LogP contribution >= 0.6 is 12.6 Å². The Labute approximate surface area is 127 Å². The number of thiol groups is 1. The molecule has 2 unspecified atom stereocenters. The van der Waals surface area contributed by atoms with Crippen LogP contribution in [0.3, 0.4) is 0 Å². The van der Waals surface area contributed by atoms with Gasteiger partial charge < -0.3 is 9.47 Å². The number of rotatable bonds is 7. The third kappa shape index (κ3) is 6.16. The number of hydrogen-bond donors (Lipinski definition) is 1. The van der Waals surface area contributed by atoms with E-state index >= 15 is 0 Å². The van der Waals surface area contributed by atoms with Crippen molar-refractivity contribution in [3.05, 3.63) is 0 Å². The second-order valence-electron chi connectivity index (χ2n) is 5.50. The molecular weight excluding hydrogens is 276 g/mol. The predicted molar refractivity (Wildman–Crippen MR) is 80.8 cm³/mol. The van der Waals surface area contributed by atoms with Crippen LogP contribution in [0, 0.1) is 5.92 Å². The molecule has 0 aromatic heterocycles. The van der Waals surface area contributed by atoms with E-state index in [1.807, 2.05) is 6.92 Å². The highest BCUT2D eigenvalue weighted by Gasteiger charge is 2.26. The molecule has 1 fully saturated rings. The Kier molecular flexibility index (Phi) is 8.04. The van der Waals surface area contributed by atoms with Crippen LogP contribution in [0.2, 0.25) is 0 Å². The van der Waals surface area contributed by atoms with E-state index in [-0.39, 0.29) is 35.8 Å².